The minimum atomic E-state index is -5.87. The maximum absolute atomic E-state index is 11.6. The Kier molecular flexibility index (Phi) is 17.6. The molecule has 1 saturated heterocycles. The summed E-state index contributed by atoms with van der Waals surface area (Å²) in [5.41, 5.74) is -0.606. The average Bonchev–Trinajstić information content (AvgIpc) is 3.07. The molecule has 0 aliphatic carbocycles. The fraction of sp³-hybridized carbons (Fsp3) is 0.500. The van der Waals surface area contributed by atoms with Gasteiger partial charge in [-0.2, -0.15) is 0 Å². The van der Waals surface area contributed by atoms with Crippen LogP contribution in [0.2, 0.25) is 0 Å². The number of ether oxygens (including phenoxy) is 1. The summed E-state index contributed by atoms with van der Waals surface area (Å²) in [4.78, 5) is 53.6. The number of fused-ring (bicyclic) bond motifs is 1. The molecule has 1 aliphatic rings. The van der Waals surface area contributed by atoms with E-state index in [2.05, 4.69) is 23.8 Å². The smallest absolute Gasteiger partial charge is 0.790 e. The number of H-pyrrole nitrogens is 1. The van der Waals surface area contributed by atoms with Gasteiger partial charge in [0.1, 0.15) is 18.3 Å². The predicted molar refractivity (Wildman–Crippen MR) is 83.5 cm³/mol. The molecule has 3 heterocycles. The summed E-state index contributed by atoms with van der Waals surface area (Å²) in [6.07, 6.45) is -3.84. The van der Waals surface area contributed by atoms with Crippen LogP contribution in [-0.4, -0.2) is 65.6 Å². The summed E-state index contributed by atoms with van der Waals surface area (Å²) in [5, 5.41) is 20.1. The monoisotopic (exact) mass is 530 g/mol. The Hall–Kier alpha value is 1.41. The zero-order chi connectivity index (χ0) is 20.0. The molecule has 0 amide bonds. The SMILES string of the molecule is O.O.O=c1[nH]cnc2c1ncn2[C@@H]1O[C@H](COP(=O)([O-])OP(=O)([O-])[O-])[C@@H](O)[C@H]1O.[Na+].[Na+].[Na+]. The van der Waals surface area contributed by atoms with Crippen LogP contribution in [-0.2, 0) is 22.7 Å². The maximum atomic E-state index is 11.6. The molecule has 1 aliphatic heterocycles. The molecule has 1 fully saturated rings. The number of imidazole rings is 1. The normalized spacial score (nSPS) is 24.0. The van der Waals surface area contributed by atoms with E-state index in [-0.39, 0.29) is 111 Å². The minimum Gasteiger partial charge on any atom is -0.790 e. The molecule has 5 atom stereocenters. The van der Waals surface area contributed by atoms with E-state index in [0.29, 0.717) is 0 Å². The van der Waals surface area contributed by atoms with E-state index in [1.807, 2.05) is 0 Å². The third kappa shape index (κ3) is 9.13. The Morgan fingerprint density at radius 1 is 1.12 bits per heavy atom. The predicted octanol–water partition coefficient (Wildman–Crippen LogP) is -14.6. The van der Waals surface area contributed by atoms with Crippen molar-refractivity contribution in [2.24, 2.45) is 0 Å². The van der Waals surface area contributed by atoms with Crippen molar-refractivity contribution in [2.75, 3.05) is 6.61 Å². The van der Waals surface area contributed by atoms with Crippen molar-refractivity contribution in [2.45, 2.75) is 24.5 Å². The summed E-state index contributed by atoms with van der Waals surface area (Å²) < 4.78 is 35.5. The van der Waals surface area contributed by atoms with Gasteiger partial charge in [-0.05, 0) is 0 Å². The molecule has 22 heteroatoms. The molecule has 166 valence electrons. The van der Waals surface area contributed by atoms with Gasteiger partial charge in [0.2, 0.25) is 0 Å². The van der Waals surface area contributed by atoms with Crippen LogP contribution in [0.1, 0.15) is 6.23 Å². The van der Waals surface area contributed by atoms with Crippen LogP contribution < -0.4 is 109 Å². The zero-order valence-corrected chi connectivity index (χ0v) is 24.8. The first-order valence-corrected chi connectivity index (χ1v) is 10.0. The summed E-state index contributed by atoms with van der Waals surface area (Å²) in [5.74, 6) is 0. The summed E-state index contributed by atoms with van der Waals surface area (Å²) in [7, 11) is -11.4. The number of phosphoric ester groups is 1. The van der Waals surface area contributed by atoms with Crippen LogP contribution in [0.3, 0.4) is 0 Å². The van der Waals surface area contributed by atoms with Gasteiger partial charge in [-0.1, -0.05) is 0 Å². The van der Waals surface area contributed by atoms with Crippen molar-refractivity contribution < 1.29 is 147 Å². The van der Waals surface area contributed by atoms with Crippen molar-refractivity contribution in [3.8, 4) is 0 Å². The van der Waals surface area contributed by atoms with E-state index in [4.69, 9.17) is 4.74 Å². The molecular weight excluding hydrogens is 515 g/mol. The Morgan fingerprint density at radius 3 is 2.28 bits per heavy atom. The Morgan fingerprint density at radius 2 is 1.72 bits per heavy atom. The Labute approximate surface area is 245 Å². The van der Waals surface area contributed by atoms with Crippen molar-refractivity contribution in [1.29, 1.82) is 0 Å². The van der Waals surface area contributed by atoms with Gasteiger partial charge >= 0.3 is 88.7 Å². The molecule has 2 aromatic rings. The van der Waals surface area contributed by atoms with Crippen molar-refractivity contribution >= 4 is 26.8 Å². The van der Waals surface area contributed by atoms with E-state index in [0.717, 1.165) is 17.2 Å². The second-order valence-electron chi connectivity index (χ2n) is 5.37. The van der Waals surface area contributed by atoms with Gasteiger partial charge in [0, 0.05) is 0 Å². The van der Waals surface area contributed by atoms with Gasteiger partial charge in [0.05, 0.1) is 27.1 Å². The number of rotatable bonds is 6. The first-order chi connectivity index (χ1) is 12.5. The molecule has 3 rings (SSSR count). The summed E-state index contributed by atoms with van der Waals surface area (Å²) in [6.45, 7) is -0.962. The van der Waals surface area contributed by atoms with Crippen molar-refractivity contribution in [3.05, 3.63) is 23.0 Å². The van der Waals surface area contributed by atoms with E-state index < -0.39 is 52.4 Å². The maximum Gasteiger partial charge on any atom is 1.00 e. The number of nitrogens with one attached hydrogen (secondary N) is 1. The molecule has 0 radical (unpaired) electrons. The summed E-state index contributed by atoms with van der Waals surface area (Å²) >= 11 is 0. The number of hydrogen-bond acceptors (Lipinski definition) is 13. The molecular formula is C10H15N4Na3O13P2. The van der Waals surface area contributed by atoms with Gasteiger partial charge in [0.25, 0.3) is 13.4 Å². The molecule has 2 aromatic heterocycles. The molecule has 0 aromatic carbocycles. The van der Waals surface area contributed by atoms with Crippen molar-refractivity contribution in [1.82, 2.24) is 19.5 Å². The summed E-state index contributed by atoms with van der Waals surface area (Å²) in [6, 6.07) is 0. The van der Waals surface area contributed by atoms with Crippen LogP contribution in [0.4, 0.5) is 0 Å². The standard InChI is InChI=1S/C10H14N4O11P2.3Na.2H2O/c15-6-4(1-23-27(21,22)25-26(18,19)20)24-10(7(6)16)14-3-13-5-8(14)11-2-12-9(5)17;;;;;/h2-4,6-7,10,15-16H,1H2,(H,21,22)(H,11,12,17)(H2,18,19,20);;;;2*1H2/q;3*+1;;/p-3/t4-,6-,7-,10-;;;;;/m1...../s1. The second kappa shape index (κ2) is 14.8. The Bertz CT molecular complexity index is 1000. The number of aliphatic hydroxyl groups is 2. The number of nitrogens with zero attached hydrogens (tertiary/aromatic N) is 3. The fourth-order valence-electron chi connectivity index (χ4n) is 2.46. The third-order valence-corrected chi connectivity index (χ3v) is 5.64. The molecule has 32 heavy (non-hydrogen) atoms. The van der Waals surface area contributed by atoms with Gasteiger partial charge in [-0.25, -0.2) is 9.97 Å². The minimum absolute atomic E-state index is 0. The van der Waals surface area contributed by atoms with Crippen molar-refractivity contribution in [3.63, 3.8) is 0 Å². The zero-order valence-electron chi connectivity index (χ0n) is 17.0. The van der Waals surface area contributed by atoms with Crippen LogP contribution in [0, 0.1) is 0 Å². The van der Waals surface area contributed by atoms with Gasteiger partial charge in [-0.15, -0.1) is 0 Å². The van der Waals surface area contributed by atoms with Gasteiger partial charge < -0.3 is 54.7 Å². The number of aromatic nitrogens is 4. The third-order valence-electron chi connectivity index (χ3n) is 3.57. The van der Waals surface area contributed by atoms with Crippen LogP contribution in [0.5, 0.6) is 0 Å². The average molecular weight is 530 g/mol. The van der Waals surface area contributed by atoms with E-state index in [1.54, 1.807) is 0 Å². The van der Waals surface area contributed by atoms with Gasteiger partial charge in [-0.3, -0.25) is 18.2 Å². The number of phosphoric acid groups is 2. The molecule has 0 bridgehead atoms. The van der Waals surface area contributed by atoms with E-state index in [1.165, 1.54) is 0 Å². The molecule has 17 nitrogen and oxygen atoms in total. The number of hydrogen-bond donors (Lipinski definition) is 3. The number of aliphatic hydroxyl groups excluding tert-OH is 2. The van der Waals surface area contributed by atoms with E-state index >= 15 is 0 Å². The second-order valence-corrected chi connectivity index (χ2v) is 8.07. The molecule has 0 spiro atoms. The molecule has 7 N–H and O–H groups in total. The van der Waals surface area contributed by atoms with Crippen LogP contribution >= 0.6 is 15.6 Å². The topological polar surface area (TPSA) is 298 Å². The largest absolute Gasteiger partial charge is 1.00 e. The first kappa shape index (κ1) is 37.9. The first-order valence-electron chi connectivity index (χ1n) is 7.09. The van der Waals surface area contributed by atoms with Crippen LogP contribution in [0.25, 0.3) is 11.2 Å². The van der Waals surface area contributed by atoms with Crippen LogP contribution in [0.15, 0.2) is 17.4 Å². The molecule has 1 unspecified atom stereocenters. The quantitative estimate of drug-likeness (QED) is 0.231. The Balaban J connectivity index is -0.00000168. The molecule has 0 saturated carbocycles. The van der Waals surface area contributed by atoms with E-state index in [9.17, 15) is 38.8 Å². The van der Waals surface area contributed by atoms with Gasteiger partial charge in [0.15, 0.2) is 17.4 Å². The fourth-order valence-corrected chi connectivity index (χ4v) is 3.95. The number of aromatic amines is 1.